The minimum Gasteiger partial charge on any atom is -0.497 e. The van der Waals surface area contributed by atoms with E-state index in [1.807, 2.05) is 31.3 Å². The van der Waals surface area contributed by atoms with Crippen LogP contribution in [-0.2, 0) is 4.79 Å². The molecule has 2 N–H and O–H groups in total. The van der Waals surface area contributed by atoms with Crippen molar-refractivity contribution in [2.45, 2.75) is 25.3 Å². The third-order valence-corrected chi connectivity index (χ3v) is 3.49. The van der Waals surface area contributed by atoms with Gasteiger partial charge in [-0.15, -0.1) is 12.4 Å². The van der Waals surface area contributed by atoms with Crippen molar-refractivity contribution in [3.63, 3.8) is 0 Å². The van der Waals surface area contributed by atoms with Crippen molar-refractivity contribution in [3.8, 4) is 5.75 Å². The largest absolute Gasteiger partial charge is 0.497 e. The van der Waals surface area contributed by atoms with E-state index in [1.54, 1.807) is 7.11 Å². The zero-order valence-electron chi connectivity index (χ0n) is 12.0. The summed E-state index contributed by atoms with van der Waals surface area (Å²) < 4.78 is 5.16. The molecule has 1 atom stereocenters. The molecule has 1 aromatic rings. The summed E-state index contributed by atoms with van der Waals surface area (Å²) in [5.41, 5.74) is 1.17. The number of methoxy groups -OCH3 is 1. The number of hydrogen-bond acceptors (Lipinski definition) is 3. The van der Waals surface area contributed by atoms with E-state index in [1.165, 1.54) is 18.4 Å². The van der Waals surface area contributed by atoms with Crippen LogP contribution in [0.5, 0.6) is 5.75 Å². The van der Waals surface area contributed by atoms with E-state index in [4.69, 9.17) is 4.74 Å². The van der Waals surface area contributed by atoms with E-state index in [0.717, 1.165) is 5.75 Å². The number of carbonyl (C=O) groups is 1. The van der Waals surface area contributed by atoms with Crippen LogP contribution >= 0.6 is 12.4 Å². The molecule has 1 fully saturated rings. The van der Waals surface area contributed by atoms with Gasteiger partial charge >= 0.3 is 0 Å². The van der Waals surface area contributed by atoms with E-state index in [0.29, 0.717) is 18.9 Å². The number of amides is 1. The van der Waals surface area contributed by atoms with Gasteiger partial charge in [0.1, 0.15) is 5.75 Å². The molecule has 2 rings (SSSR count). The number of benzene rings is 1. The summed E-state index contributed by atoms with van der Waals surface area (Å²) in [6, 6.07) is 8.13. The Kier molecular flexibility index (Phi) is 6.82. The second-order valence-electron chi connectivity index (χ2n) is 5.01. The SMILES string of the molecule is CNCCC(=O)NC(c1ccc(OC)cc1)C1CC1.Cl. The lowest BCUT2D eigenvalue weighted by molar-refractivity contribution is -0.121. The summed E-state index contributed by atoms with van der Waals surface area (Å²) in [5.74, 6) is 1.55. The van der Waals surface area contributed by atoms with Crippen molar-refractivity contribution in [2.24, 2.45) is 5.92 Å². The molecule has 1 unspecified atom stereocenters. The fourth-order valence-corrected chi connectivity index (χ4v) is 2.20. The highest BCUT2D eigenvalue weighted by Gasteiger charge is 2.33. The van der Waals surface area contributed by atoms with Crippen LogP contribution < -0.4 is 15.4 Å². The van der Waals surface area contributed by atoms with Crippen LogP contribution in [0.2, 0.25) is 0 Å². The van der Waals surface area contributed by atoms with Gasteiger partial charge in [0.25, 0.3) is 0 Å². The van der Waals surface area contributed by atoms with Gasteiger partial charge in [0.05, 0.1) is 13.2 Å². The molecule has 0 bridgehead atoms. The normalized spacial score (nSPS) is 15.1. The Bertz CT molecular complexity index is 418. The first-order valence-corrected chi connectivity index (χ1v) is 6.82. The van der Waals surface area contributed by atoms with Crippen molar-refractivity contribution in [3.05, 3.63) is 29.8 Å². The Morgan fingerprint density at radius 3 is 2.50 bits per heavy atom. The third kappa shape index (κ3) is 4.69. The molecule has 0 aliphatic heterocycles. The molecule has 5 heteroatoms. The Hall–Kier alpha value is -1.26. The first-order chi connectivity index (χ1) is 9.24. The standard InChI is InChI=1S/C15H22N2O2.ClH/c1-16-10-9-14(18)17-15(11-3-4-11)12-5-7-13(19-2)8-6-12;/h5-8,11,15-16H,3-4,9-10H2,1-2H3,(H,17,18);1H. The van der Waals surface area contributed by atoms with E-state index >= 15 is 0 Å². The molecule has 0 radical (unpaired) electrons. The quantitative estimate of drug-likeness (QED) is 0.812. The van der Waals surface area contributed by atoms with Crippen LogP contribution in [0.3, 0.4) is 0 Å². The van der Waals surface area contributed by atoms with Gasteiger partial charge in [0.15, 0.2) is 0 Å². The lowest BCUT2D eigenvalue weighted by atomic mass is 10.0. The molecule has 0 aromatic heterocycles. The minimum absolute atomic E-state index is 0. The Balaban J connectivity index is 0.00000200. The van der Waals surface area contributed by atoms with Crippen molar-refractivity contribution < 1.29 is 9.53 Å². The molecule has 1 aromatic carbocycles. The van der Waals surface area contributed by atoms with Crippen LogP contribution in [-0.4, -0.2) is 26.6 Å². The summed E-state index contributed by atoms with van der Waals surface area (Å²) in [5, 5.41) is 6.14. The summed E-state index contributed by atoms with van der Waals surface area (Å²) in [6.07, 6.45) is 2.92. The second kappa shape index (κ2) is 8.12. The Morgan fingerprint density at radius 2 is 2.00 bits per heavy atom. The molecule has 4 nitrogen and oxygen atoms in total. The zero-order chi connectivity index (χ0) is 13.7. The molecule has 1 aliphatic carbocycles. The highest BCUT2D eigenvalue weighted by atomic mass is 35.5. The van der Waals surface area contributed by atoms with Gasteiger partial charge in [-0.1, -0.05) is 12.1 Å². The van der Waals surface area contributed by atoms with Crippen molar-refractivity contribution >= 4 is 18.3 Å². The summed E-state index contributed by atoms with van der Waals surface area (Å²) in [7, 11) is 3.52. The molecule has 20 heavy (non-hydrogen) atoms. The van der Waals surface area contributed by atoms with Crippen molar-refractivity contribution in [1.82, 2.24) is 10.6 Å². The first kappa shape index (κ1) is 16.8. The van der Waals surface area contributed by atoms with Crippen molar-refractivity contribution in [1.29, 1.82) is 0 Å². The summed E-state index contributed by atoms with van der Waals surface area (Å²) in [6.45, 7) is 0.714. The van der Waals surface area contributed by atoms with Crippen LogP contribution in [0.4, 0.5) is 0 Å². The molecule has 1 saturated carbocycles. The highest BCUT2D eigenvalue weighted by molar-refractivity contribution is 5.85. The van der Waals surface area contributed by atoms with Gasteiger partial charge in [-0.25, -0.2) is 0 Å². The maximum Gasteiger partial charge on any atom is 0.221 e. The molecule has 0 spiro atoms. The molecule has 1 amide bonds. The third-order valence-electron chi connectivity index (χ3n) is 3.49. The number of nitrogens with one attached hydrogen (secondary N) is 2. The van der Waals surface area contributed by atoms with Gasteiger partial charge in [-0.05, 0) is 43.5 Å². The highest BCUT2D eigenvalue weighted by Crippen LogP contribution is 2.41. The molecule has 0 heterocycles. The fourth-order valence-electron chi connectivity index (χ4n) is 2.20. The van der Waals surface area contributed by atoms with Crippen LogP contribution in [0.25, 0.3) is 0 Å². The van der Waals surface area contributed by atoms with Gasteiger partial charge in [-0.2, -0.15) is 0 Å². The first-order valence-electron chi connectivity index (χ1n) is 6.82. The zero-order valence-corrected chi connectivity index (χ0v) is 12.8. The summed E-state index contributed by atoms with van der Waals surface area (Å²) in [4.78, 5) is 11.9. The second-order valence-corrected chi connectivity index (χ2v) is 5.01. The average molecular weight is 299 g/mol. The number of hydrogen-bond donors (Lipinski definition) is 2. The van der Waals surface area contributed by atoms with Crippen molar-refractivity contribution in [2.75, 3.05) is 20.7 Å². The van der Waals surface area contributed by atoms with Gasteiger partial charge in [0.2, 0.25) is 5.91 Å². The van der Waals surface area contributed by atoms with Crippen LogP contribution in [0, 0.1) is 5.92 Å². The molecule has 0 saturated heterocycles. The van der Waals surface area contributed by atoms with E-state index in [9.17, 15) is 4.79 Å². The predicted molar refractivity (Wildman–Crippen MR) is 82.4 cm³/mol. The number of halogens is 1. The van der Waals surface area contributed by atoms with Crippen LogP contribution in [0.15, 0.2) is 24.3 Å². The summed E-state index contributed by atoms with van der Waals surface area (Å²) >= 11 is 0. The average Bonchev–Trinajstić information content (AvgIpc) is 3.27. The fraction of sp³-hybridized carbons (Fsp3) is 0.533. The topological polar surface area (TPSA) is 50.4 Å². The molecular formula is C15H23ClN2O2. The van der Waals surface area contributed by atoms with Crippen LogP contribution in [0.1, 0.15) is 30.9 Å². The molecular weight excluding hydrogens is 276 g/mol. The maximum atomic E-state index is 11.9. The monoisotopic (exact) mass is 298 g/mol. The van der Waals surface area contributed by atoms with E-state index < -0.39 is 0 Å². The number of ether oxygens (including phenoxy) is 1. The predicted octanol–water partition coefficient (Wildman–Crippen LogP) is 2.29. The maximum absolute atomic E-state index is 11.9. The lowest BCUT2D eigenvalue weighted by Crippen LogP contribution is -2.31. The van der Waals surface area contributed by atoms with Gasteiger partial charge in [0, 0.05) is 13.0 Å². The van der Waals surface area contributed by atoms with Gasteiger partial charge in [-0.3, -0.25) is 4.79 Å². The number of carbonyl (C=O) groups excluding carboxylic acids is 1. The minimum atomic E-state index is 0. The Morgan fingerprint density at radius 1 is 1.35 bits per heavy atom. The van der Waals surface area contributed by atoms with E-state index in [2.05, 4.69) is 10.6 Å². The molecule has 1 aliphatic rings. The smallest absolute Gasteiger partial charge is 0.221 e. The lowest BCUT2D eigenvalue weighted by Gasteiger charge is -2.19. The Labute approximate surface area is 126 Å². The number of rotatable bonds is 7. The molecule has 112 valence electrons. The van der Waals surface area contributed by atoms with E-state index in [-0.39, 0.29) is 24.4 Å². The van der Waals surface area contributed by atoms with Gasteiger partial charge < -0.3 is 15.4 Å².